The van der Waals surface area contributed by atoms with Crippen molar-refractivity contribution < 1.29 is 22.7 Å². The lowest BCUT2D eigenvalue weighted by Gasteiger charge is -2.37. The number of amides is 1. The molecule has 142 valence electrons. The van der Waals surface area contributed by atoms with E-state index < -0.39 is 29.5 Å². The zero-order chi connectivity index (χ0) is 19.5. The van der Waals surface area contributed by atoms with E-state index in [0.29, 0.717) is 31.7 Å². The third-order valence-electron chi connectivity index (χ3n) is 3.98. The van der Waals surface area contributed by atoms with E-state index in [2.05, 4.69) is 6.07 Å². The maximum Gasteiger partial charge on any atom is 0.416 e. The molecule has 8 heteroatoms. The van der Waals surface area contributed by atoms with Gasteiger partial charge in [0, 0.05) is 26.2 Å². The second-order valence-corrected chi connectivity index (χ2v) is 7.16. The minimum Gasteiger partial charge on any atom is -0.444 e. The Morgan fingerprint density at radius 3 is 2.31 bits per heavy atom. The Labute approximate surface area is 150 Å². The lowest BCUT2D eigenvalue weighted by Crippen LogP contribution is -2.50. The molecule has 1 heterocycles. The van der Waals surface area contributed by atoms with Gasteiger partial charge in [0.25, 0.3) is 0 Å². The van der Waals surface area contributed by atoms with Gasteiger partial charge in [0.05, 0.1) is 11.6 Å². The molecule has 1 saturated heterocycles. The van der Waals surface area contributed by atoms with Crippen molar-refractivity contribution in [2.75, 3.05) is 26.2 Å². The van der Waals surface area contributed by atoms with Gasteiger partial charge < -0.3 is 9.64 Å². The summed E-state index contributed by atoms with van der Waals surface area (Å²) in [5.41, 5.74) is -1.07. The van der Waals surface area contributed by atoms with Crippen LogP contribution in [0.2, 0.25) is 0 Å². The van der Waals surface area contributed by atoms with Crippen molar-refractivity contribution in [1.82, 2.24) is 9.80 Å². The minimum absolute atomic E-state index is 0.299. The number of alkyl halides is 3. The van der Waals surface area contributed by atoms with E-state index in [4.69, 9.17) is 4.74 Å². The molecule has 0 saturated carbocycles. The summed E-state index contributed by atoms with van der Waals surface area (Å²) < 4.78 is 44.0. The number of hydrogen-bond donors (Lipinski definition) is 0. The first-order valence-electron chi connectivity index (χ1n) is 8.30. The van der Waals surface area contributed by atoms with E-state index in [-0.39, 0.29) is 0 Å². The fraction of sp³-hybridized carbons (Fsp3) is 0.556. The van der Waals surface area contributed by atoms with Gasteiger partial charge in [-0.15, -0.1) is 0 Å². The van der Waals surface area contributed by atoms with Gasteiger partial charge in [-0.25, -0.2) is 4.79 Å². The molecule has 0 spiro atoms. The first kappa shape index (κ1) is 20.0. The SMILES string of the molecule is CC(C)(C)OC(=O)N1CCN(C(C#N)c2cccc(C(F)(F)F)c2)CC1. The van der Waals surface area contributed by atoms with Crippen LogP contribution in [0.25, 0.3) is 0 Å². The monoisotopic (exact) mass is 369 g/mol. The Morgan fingerprint density at radius 1 is 1.19 bits per heavy atom. The van der Waals surface area contributed by atoms with Crippen LogP contribution < -0.4 is 0 Å². The Morgan fingerprint density at radius 2 is 1.81 bits per heavy atom. The summed E-state index contributed by atoms with van der Waals surface area (Å²) in [6.45, 7) is 6.81. The quantitative estimate of drug-likeness (QED) is 0.795. The second-order valence-electron chi connectivity index (χ2n) is 7.16. The summed E-state index contributed by atoms with van der Waals surface area (Å²) in [5.74, 6) is 0. The van der Waals surface area contributed by atoms with Gasteiger partial charge in [-0.2, -0.15) is 18.4 Å². The highest BCUT2D eigenvalue weighted by molar-refractivity contribution is 5.68. The van der Waals surface area contributed by atoms with E-state index in [1.165, 1.54) is 12.1 Å². The number of nitriles is 1. The number of hydrogen-bond acceptors (Lipinski definition) is 4. The topological polar surface area (TPSA) is 56.6 Å². The van der Waals surface area contributed by atoms with Crippen LogP contribution in [0, 0.1) is 11.3 Å². The molecular weight excluding hydrogens is 347 g/mol. The van der Waals surface area contributed by atoms with Crippen molar-refractivity contribution in [2.24, 2.45) is 0 Å². The van der Waals surface area contributed by atoms with Crippen LogP contribution in [0.5, 0.6) is 0 Å². The largest absolute Gasteiger partial charge is 0.444 e. The summed E-state index contributed by atoms with van der Waals surface area (Å²) in [7, 11) is 0. The highest BCUT2D eigenvalue weighted by Gasteiger charge is 2.33. The fourth-order valence-corrected chi connectivity index (χ4v) is 2.74. The molecule has 5 nitrogen and oxygen atoms in total. The lowest BCUT2D eigenvalue weighted by atomic mass is 10.0. The van der Waals surface area contributed by atoms with Crippen LogP contribution in [0.1, 0.15) is 37.9 Å². The zero-order valence-electron chi connectivity index (χ0n) is 15.0. The summed E-state index contributed by atoms with van der Waals surface area (Å²) in [5, 5.41) is 9.48. The van der Waals surface area contributed by atoms with Crippen LogP contribution in [0.4, 0.5) is 18.0 Å². The Kier molecular flexibility index (Phi) is 5.81. The fourth-order valence-electron chi connectivity index (χ4n) is 2.74. The minimum atomic E-state index is -4.45. The standard InChI is InChI=1S/C18H22F3N3O2/c1-17(2,3)26-16(25)24-9-7-23(8-10-24)15(12-22)13-5-4-6-14(11-13)18(19,20)21/h4-6,11,15H,7-10H2,1-3H3. The Hall–Kier alpha value is -2.27. The molecule has 2 rings (SSSR count). The van der Waals surface area contributed by atoms with E-state index in [1.807, 2.05) is 0 Å². The molecule has 1 amide bonds. The van der Waals surface area contributed by atoms with Gasteiger partial charge >= 0.3 is 12.3 Å². The molecule has 1 aliphatic heterocycles. The first-order chi connectivity index (χ1) is 12.0. The number of piperazine rings is 1. The first-order valence-corrected chi connectivity index (χ1v) is 8.30. The van der Waals surface area contributed by atoms with Gasteiger partial charge in [0.2, 0.25) is 0 Å². The zero-order valence-corrected chi connectivity index (χ0v) is 15.0. The predicted octanol–water partition coefficient (Wildman–Crippen LogP) is 3.82. The van der Waals surface area contributed by atoms with Gasteiger partial charge in [-0.05, 0) is 38.5 Å². The van der Waals surface area contributed by atoms with E-state index in [0.717, 1.165) is 12.1 Å². The van der Waals surface area contributed by atoms with Crippen molar-refractivity contribution in [3.63, 3.8) is 0 Å². The molecule has 0 N–H and O–H groups in total. The number of benzene rings is 1. The molecule has 1 aromatic rings. The van der Waals surface area contributed by atoms with Gasteiger partial charge in [0.1, 0.15) is 11.6 Å². The molecule has 1 fully saturated rings. The van der Waals surface area contributed by atoms with E-state index in [1.54, 1.807) is 30.6 Å². The summed E-state index contributed by atoms with van der Waals surface area (Å²) >= 11 is 0. The maximum absolute atomic E-state index is 12.9. The number of halogens is 3. The molecule has 0 bridgehead atoms. The highest BCUT2D eigenvalue weighted by Crippen LogP contribution is 2.32. The Balaban J connectivity index is 2.06. The van der Waals surface area contributed by atoms with Gasteiger partial charge in [-0.3, -0.25) is 4.90 Å². The van der Waals surface area contributed by atoms with Crippen LogP contribution >= 0.6 is 0 Å². The molecule has 0 aliphatic carbocycles. The molecule has 0 aromatic heterocycles. The van der Waals surface area contributed by atoms with Gasteiger partial charge in [0.15, 0.2) is 0 Å². The number of ether oxygens (including phenoxy) is 1. The summed E-state index contributed by atoms with van der Waals surface area (Å²) in [4.78, 5) is 15.4. The normalized spacial score (nSPS) is 17.5. The molecule has 1 unspecified atom stereocenters. The van der Waals surface area contributed by atoms with Crippen molar-refractivity contribution in [1.29, 1.82) is 5.26 Å². The predicted molar refractivity (Wildman–Crippen MR) is 89.2 cm³/mol. The van der Waals surface area contributed by atoms with Gasteiger partial charge in [-0.1, -0.05) is 12.1 Å². The summed E-state index contributed by atoms with van der Waals surface area (Å²) in [6.07, 6.45) is -4.88. The van der Waals surface area contributed by atoms with E-state index in [9.17, 15) is 23.2 Å². The highest BCUT2D eigenvalue weighted by atomic mass is 19.4. The molecule has 26 heavy (non-hydrogen) atoms. The average Bonchev–Trinajstić information content (AvgIpc) is 2.54. The third kappa shape index (κ3) is 5.11. The number of carbonyl (C=O) groups excluding carboxylic acids is 1. The second kappa shape index (κ2) is 7.54. The average molecular weight is 369 g/mol. The maximum atomic E-state index is 12.9. The van der Waals surface area contributed by atoms with Crippen molar-refractivity contribution in [3.05, 3.63) is 35.4 Å². The van der Waals surface area contributed by atoms with Crippen LogP contribution in [-0.4, -0.2) is 47.7 Å². The van der Waals surface area contributed by atoms with Crippen LogP contribution in [-0.2, 0) is 10.9 Å². The number of nitrogens with zero attached hydrogens (tertiary/aromatic N) is 3. The van der Waals surface area contributed by atoms with Crippen molar-refractivity contribution >= 4 is 6.09 Å². The number of rotatable bonds is 2. The van der Waals surface area contributed by atoms with Crippen LogP contribution in [0.3, 0.4) is 0 Å². The van der Waals surface area contributed by atoms with Crippen LogP contribution in [0.15, 0.2) is 24.3 Å². The van der Waals surface area contributed by atoms with Crippen molar-refractivity contribution in [3.8, 4) is 6.07 Å². The molecule has 1 atom stereocenters. The molecule has 1 aliphatic rings. The smallest absolute Gasteiger partial charge is 0.416 e. The Bertz CT molecular complexity index is 684. The lowest BCUT2D eigenvalue weighted by molar-refractivity contribution is -0.137. The van der Waals surface area contributed by atoms with Crippen molar-refractivity contribution in [2.45, 2.75) is 38.6 Å². The number of carbonyl (C=O) groups is 1. The van der Waals surface area contributed by atoms with E-state index >= 15 is 0 Å². The molecular formula is C18H22F3N3O2. The molecule has 1 aromatic carbocycles. The third-order valence-corrected chi connectivity index (χ3v) is 3.98. The summed E-state index contributed by atoms with van der Waals surface area (Å²) in [6, 6.07) is 6.09. The molecule has 0 radical (unpaired) electrons.